The molecule has 5 rings (SSSR count). The molecule has 2 atom stereocenters. The number of aromatic nitrogens is 4. The minimum atomic E-state index is -1.09. The summed E-state index contributed by atoms with van der Waals surface area (Å²) < 4.78 is 21.7. The van der Waals surface area contributed by atoms with Gasteiger partial charge in [-0.25, -0.2) is 14.4 Å². The zero-order valence-electron chi connectivity index (χ0n) is 22.0. The Morgan fingerprint density at radius 1 is 1.21 bits per heavy atom. The number of carbonyl (C=O) groups is 1. The van der Waals surface area contributed by atoms with Crippen LogP contribution < -0.4 is 20.9 Å². The Morgan fingerprint density at radius 2 is 2.00 bits per heavy atom. The van der Waals surface area contributed by atoms with Crippen LogP contribution in [0, 0.1) is 0 Å². The van der Waals surface area contributed by atoms with Gasteiger partial charge in [0.1, 0.15) is 17.8 Å². The summed E-state index contributed by atoms with van der Waals surface area (Å²) in [5, 5.41) is 10.6. The zero-order valence-corrected chi connectivity index (χ0v) is 22.8. The fourth-order valence-corrected chi connectivity index (χ4v) is 5.08. The van der Waals surface area contributed by atoms with Gasteiger partial charge in [-0.15, -0.1) is 12.4 Å². The molecule has 206 valence electrons. The maximum absolute atomic E-state index is 14.4. The fourth-order valence-electron chi connectivity index (χ4n) is 5.08. The van der Waals surface area contributed by atoms with Gasteiger partial charge in [0, 0.05) is 55.8 Å². The number of ether oxygens (including phenoxy) is 1. The summed E-state index contributed by atoms with van der Waals surface area (Å²) in [4.78, 5) is 28.5. The molecule has 0 bridgehead atoms. The second-order valence-corrected chi connectivity index (χ2v) is 10.0. The highest BCUT2D eigenvalue weighted by atomic mass is 35.5. The third kappa shape index (κ3) is 6.00. The molecule has 2 aliphatic rings. The van der Waals surface area contributed by atoms with E-state index in [1.54, 1.807) is 18.5 Å². The van der Waals surface area contributed by atoms with E-state index in [1.165, 1.54) is 7.11 Å². The number of rotatable bonds is 7. The van der Waals surface area contributed by atoms with Crippen molar-refractivity contribution in [1.82, 2.24) is 30.2 Å². The quantitative estimate of drug-likeness (QED) is 0.412. The lowest BCUT2D eigenvalue weighted by Crippen LogP contribution is -2.46. The van der Waals surface area contributed by atoms with Gasteiger partial charge in [-0.3, -0.25) is 4.79 Å². The molecule has 5 heterocycles. The number of methoxy groups -OCH3 is 1. The van der Waals surface area contributed by atoms with Crippen LogP contribution in [0.2, 0.25) is 0 Å². The normalized spacial score (nSPS) is 20.4. The summed E-state index contributed by atoms with van der Waals surface area (Å²) in [6.07, 6.45) is 6.26. The van der Waals surface area contributed by atoms with E-state index in [4.69, 9.17) is 4.74 Å². The molecule has 38 heavy (non-hydrogen) atoms. The monoisotopic (exact) mass is 546 g/mol. The Bertz CT molecular complexity index is 1250. The Morgan fingerprint density at radius 3 is 2.71 bits per heavy atom. The molecule has 0 saturated carbocycles. The van der Waals surface area contributed by atoms with E-state index in [0.717, 1.165) is 36.8 Å². The van der Waals surface area contributed by atoms with Crippen LogP contribution in [-0.4, -0.2) is 77.0 Å². The number of amides is 1. The molecule has 10 nitrogen and oxygen atoms in total. The van der Waals surface area contributed by atoms with Gasteiger partial charge in [0.25, 0.3) is 5.91 Å². The van der Waals surface area contributed by atoms with Crippen molar-refractivity contribution in [3.63, 3.8) is 0 Å². The smallest absolute Gasteiger partial charge is 0.253 e. The van der Waals surface area contributed by atoms with Crippen LogP contribution >= 0.6 is 12.4 Å². The van der Waals surface area contributed by atoms with Crippen molar-refractivity contribution in [2.45, 2.75) is 57.5 Å². The average Bonchev–Trinajstić information content (AvgIpc) is 3.29. The van der Waals surface area contributed by atoms with Crippen LogP contribution in [0.3, 0.4) is 0 Å². The first-order chi connectivity index (χ1) is 17.9. The molecule has 0 radical (unpaired) electrons. The molecule has 3 aromatic heterocycles. The van der Waals surface area contributed by atoms with Crippen LogP contribution in [0.25, 0.3) is 10.9 Å². The van der Waals surface area contributed by atoms with Crippen LogP contribution in [0.5, 0.6) is 0 Å². The number of hydrogen-bond acceptors (Lipinski definition) is 8. The predicted molar refractivity (Wildman–Crippen MR) is 149 cm³/mol. The Kier molecular flexibility index (Phi) is 9.01. The number of hydrogen-bond donors (Lipinski definition) is 3. The Labute approximate surface area is 228 Å². The maximum Gasteiger partial charge on any atom is 0.253 e. The first kappa shape index (κ1) is 28.0. The molecule has 0 aromatic carbocycles. The van der Waals surface area contributed by atoms with Crippen LogP contribution in [0.15, 0.2) is 30.7 Å². The van der Waals surface area contributed by atoms with Gasteiger partial charge in [0.05, 0.1) is 23.7 Å². The van der Waals surface area contributed by atoms with E-state index in [-0.39, 0.29) is 36.9 Å². The third-order valence-corrected chi connectivity index (χ3v) is 7.16. The summed E-state index contributed by atoms with van der Waals surface area (Å²) in [6.45, 7) is 6.82. The molecular formula is C26H36ClFN8O2. The van der Waals surface area contributed by atoms with E-state index in [1.807, 2.05) is 17.2 Å². The van der Waals surface area contributed by atoms with E-state index >= 15 is 0 Å². The topological polar surface area (TPSA) is 109 Å². The first-order valence-electron chi connectivity index (χ1n) is 13.0. The van der Waals surface area contributed by atoms with E-state index in [2.05, 4.69) is 49.3 Å². The molecule has 1 unspecified atom stereocenters. The molecule has 1 amide bonds. The summed E-state index contributed by atoms with van der Waals surface area (Å²) in [7, 11) is 1.54. The summed E-state index contributed by atoms with van der Waals surface area (Å²) >= 11 is 0. The number of carbonyl (C=O) groups excluding carboxylic acids is 1. The number of halogens is 2. The number of alkyl halides is 1. The van der Waals surface area contributed by atoms with Gasteiger partial charge in [0.15, 0.2) is 0 Å². The highest BCUT2D eigenvalue weighted by molar-refractivity contribution is 6.07. The largest absolute Gasteiger partial charge is 0.378 e. The highest BCUT2D eigenvalue weighted by Crippen LogP contribution is 2.28. The van der Waals surface area contributed by atoms with Crippen LogP contribution in [0.4, 0.5) is 22.0 Å². The van der Waals surface area contributed by atoms with E-state index in [0.29, 0.717) is 36.1 Å². The van der Waals surface area contributed by atoms with Gasteiger partial charge >= 0.3 is 0 Å². The molecule has 0 spiro atoms. The molecule has 2 fully saturated rings. The van der Waals surface area contributed by atoms with Crippen LogP contribution in [-0.2, 0) is 4.74 Å². The third-order valence-electron chi connectivity index (χ3n) is 7.16. The first-order valence-corrected chi connectivity index (χ1v) is 13.0. The standard InChI is InChI=1S/C26H35FN8O2.ClH/c1-16(2)35-14-19(25(36)31-17-4-8-28-9-5-17)18-13-30-24(12-21(18)35)32-23-6-10-29-26(33-23)34-11-7-22(37-3)20(27)15-34;/h6,10,12-14,16-17,20,22,28H,4-5,7-9,11,15H2,1-3H3,(H,31,36)(H,29,30,32,33);1H/t20-,22?;/m1./s1. The van der Waals surface area contributed by atoms with Gasteiger partial charge in [0.2, 0.25) is 5.95 Å². The van der Waals surface area contributed by atoms with Gasteiger partial charge < -0.3 is 30.2 Å². The predicted octanol–water partition coefficient (Wildman–Crippen LogP) is 3.62. The lowest BCUT2D eigenvalue weighted by Gasteiger charge is -2.33. The molecule has 12 heteroatoms. The highest BCUT2D eigenvalue weighted by Gasteiger charge is 2.30. The van der Waals surface area contributed by atoms with Crippen molar-refractivity contribution in [3.05, 3.63) is 36.3 Å². The molecule has 3 aromatic rings. The van der Waals surface area contributed by atoms with E-state index in [9.17, 15) is 9.18 Å². The number of piperidine rings is 2. The average molecular weight is 547 g/mol. The molecule has 3 N–H and O–H groups in total. The number of pyridine rings is 1. The minimum Gasteiger partial charge on any atom is -0.378 e. The van der Waals surface area contributed by atoms with Crippen molar-refractivity contribution < 1.29 is 13.9 Å². The maximum atomic E-state index is 14.4. The SMILES string of the molecule is COC1CCN(c2nccc(Nc3cc4c(cn3)c(C(=O)NC3CCNCC3)cn4C(C)C)n2)C[C@H]1F.Cl. The number of anilines is 3. The molecule has 0 aliphatic carbocycles. The van der Waals surface area contributed by atoms with Crippen molar-refractivity contribution in [3.8, 4) is 0 Å². The zero-order chi connectivity index (χ0) is 25.9. The second kappa shape index (κ2) is 12.2. The molecule has 2 aliphatic heterocycles. The summed E-state index contributed by atoms with van der Waals surface area (Å²) in [6, 6.07) is 4.02. The van der Waals surface area contributed by atoms with Gasteiger partial charge in [-0.2, -0.15) is 4.98 Å². The summed E-state index contributed by atoms with van der Waals surface area (Å²) in [5.74, 6) is 1.56. The van der Waals surface area contributed by atoms with Gasteiger partial charge in [-0.1, -0.05) is 0 Å². The van der Waals surface area contributed by atoms with Crippen molar-refractivity contribution >= 4 is 46.8 Å². The number of nitrogens with one attached hydrogen (secondary N) is 3. The Balaban J connectivity index is 0.00000336. The van der Waals surface area contributed by atoms with E-state index < -0.39 is 12.3 Å². The lowest BCUT2D eigenvalue weighted by atomic mass is 10.1. The minimum absolute atomic E-state index is 0. The van der Waals surface area contributed by atoms with Gasteiger partial charge in [-0.05, 0) is 52.3 Å². The van der Waals surface area contributed by atoms with Crippen molar-refractivity contribution in [2.24, 2.45) is 0 Å². The Hall–Kier alpha value is -3.02. The van der Waals surface area contributed by atoms with Crippen molar-refractivity contribution in [2.75, 3.05) is 43.5 Å². The molecule has 2 saturated heterocycles. The van der Waals surface area contributed by atoms with Crippen LogP contribution in [0.1, 0.15) is 49.5 Å². The lowest BCUT2D eigenvalue weighted by molar-refractivity contribution is 0.0194. The second-order valence-electron chi connectivity index (χ2n) is 10.0. The fraction of sp³-hybridized carbons (Fsp3) is 0.538. The number of fused-ring (bicyclic) bond motifs is 1. The number of nitrogens with zero attached hydrogens (tertiary/aromatic N) is 5. The van der Waals surface area contributed by atoms with Crippen molar-refractivity contribution in [1.29, 1.82) is 0 Å². The summed E-state index contributed by atoms with van der Waals surface area (Å²) in [5.41, 5.74) is 1.55. The molecular weight excluding hydrogens is 511 g/mol.